The maximum atomic E-state index is 12.7. The van der Waals surface area contributed by atoms with Crippen molar-refractivity contribution < 1.29 is 14.0 Å². The van der Waals surface area contributed by atoms with Gasteiger partial charge in [0.15, 0.2) is 5.76 Å². The molecular formula is C22H27N3O3S. The molecule has 2 saturated heterocycles. The summed E-state index contributed by atoms with van der Waals surface area (Å²) in [5.74, 6) is 2.62. The SMILES string of the molecule is O=C(Nc1cccc(CN2CCSCC2)c1)C1CCN(C(=O)c2ccco2)CC1. The van der Waals surface area contributed by atoms with Crippen molar-refractivity contribution >= 4 is 29.3 Å². The molecule has 7 heteroatoms. The van der Waals surface area contributed by atoms with E-state index in [0.717, 1.165) is 25.3 Å². The smallest absolute Gasteiger partial charge is 0.289 e. The van der Waals surface area contributed by atoms with Crippen LogP contribution in [0.4, 0.5) is 5.69 Å². The predicted octanol–water partition coefficient (Wildman–Crippen LogP) is 3.32. The first-order valence-corrected chi connectivity index (χ1v) is 11.4. The molecule has 4 rings (SSSR count). The number of hydrogen-bond donors (Lipinski definition) is 1. The molecule has 0 spiro atoms. The van der Waals surface area contributed by atoms with Crippen LogP contribution in [0.25, 0.3) is 0 Å². The number of amides is 2. The zero-order chi connectivity index (χ0) is 20.1. The molecule has 154 valence electrons. The number of anilines is 1. The molecule has 2 amide bonds. The second-order valence-electron chi connectivity index (χ2n) is 7.62. The van der Waals surface area contributed by atoms with Crippen molar-refractivity contribution in [3.8, 4) is 0 Å². The van der Waals surface area contributed by atoms with Crippen molar-refractivity contribution in [2.24, 2.45) is 5.92 Å². The molecule has 2 aliphatic heterocycles. The first-order chi connectivity index (χ1) is 14.2. The molecule has 2 aliphatic rings. The number of piperidine rings is 1. The zero-order valence-electron chi connectivity index (χ0n) is 16.5. The van der Waals surface area contributed by atoms with Crippen molar-refractivity contribution in [3.63, 3.8) is 0 Å². The van der Waals surface area contributed by atoms with E-state index in [1.807, 2.05) is 23.9 Å². The maximum absolute atomic E-state index is 12.7. The third-order valence-electron chi connectivity index (χ3n) is 5.59. The lowest BCUT2D eigenvalue weighted by Gasteiger charge is -2.30. The molecule has 3 heterocycles. The standard InChI is InChI=1S/C22H27N3O3S/c26-21(18-6-8-25(9-7-18)22(27)20-5-2-12-28-20)23-19-4-1-3-17(15-19)16-24-10-13-29-14-11-24/h1-5,12,15,18H,6-11,13-14,16H2,(H,23,26). The number of furan rings is 1. The topological polar surface area (TPSA) is 65.8 Å². The Morgan fingerprint density at radius 1 is 1.07 bits per heavy atom. The van der Waals surface area contributed by atoms with E-state index in [-0.39, 0.29) is 17.7 Å². The molecule has 0 aliphatic carbocycles. The summed E-state index contributed by atoms with van der Waals surface area (Å²) < 4.78 is 5.19. The molecular weight excluding hydrogens is 386 g/mol. The number of rotatable bonds is 5. The fourth-order valence-electron chi connectivity index (χ4n) is 3.91. The molecule has 0 unspecified atom stereocenters. The minimum Gasteiger partial charge on any atom is -0.459 e. The van der Waals surface area contributed by atoms with Gasteiger partial charge in [-0.05, 0) is 42.7 Å². The van der Waals surface area contributed by atoms with Gasteiger partial charge in [0, 0.05) is 55.8 Å². The van der Waals surface area contributed by atoms with Gasteiger partial charge in [0.2, 0.25) is 5.91 Å². The first-order valence-electron chi connectivity index (χ1n) is 10.2. The molecule has 0 radical (unpaired) electrons. The highest BCUT2D eigenvalue weighted by molar-refractivity contribution is 7.99. The largest absolute Gasteiger partial charge is 0.459 e. The van der Waals surface area contributed by atoms with Crippen LogP contribution in [0.1, 0.15) is 29.0 Å². The molecule has 29 heavy (non-hydrogen) atoms. The first kappa shape index (κ1) is 20.0. The van der Waals surface area contributed by atoms with Crippen molar-refractivity contribution in [1.82, 2.24) is 9.80 Å². The summed E-state index contributed by atoms with van der Waals surface area (Å²) in [6.45, 7) is 4.32. The molecule has 0 bridgehead atoms. The minimum atomic E-state index is -0.0994. The van der Waals surface area contributed by atoms with Gasteiger partial charge < -0.3 is 14.6 Å². The Bertz CT molecular complexity index is 826. The van der Waals surface area contributed by atoms with E-state index in [1.165, 1.54) is 23.3 Å². The molecule has 0 atom stereocenters. The average molecular weight is 414 g/mol. The Morgan fingerprint density at radius 3 is 2.59 bits per heavy atom. The Hall–Kier alpha value is -2.25. The lowest BCUT2D eigenvalue weighted by Crippen LogP contribution is -2.41. The molecule has 1 N–H and O–H groups in total. The highest BCUT2D eigenvalue weighted by Gasteiger charge is 2.28. The van der Waals surface area contributed by atoms with Gasteiger partial charge in [0.05, 0.1) is 6.26 Å². The van der Waals surface area contributed by atoms with Gasteiger partial charge in [0.1, 0.15) is 0 Å². The zero-order valence-corrected chi connectivity index (χ0v) is 17.3. The number of nitrogens with zero attached hydrogens (tertiary/aromatic N) is 2. The molecule has 6 nitrogen and oxygen atoms in total. The number of nitrogens with one attached hydrogen (secondary N) is 1. The van der Waals surface area contributed by atoms with Crippen LogP contribution in [0.5, 0.6) is 0 Å². The predicted molar refractivity (Wildman–Crippen MR) is 115 cm³/mol. The Morgan fingerprint density at radius 2 is 1.86 bits per heavy atom. The fraction of sp³-hybridized carbons (Fsp3) is 0.455. The van der Waals surface area contributed by atoms with Gasteiger partial charge in [-0.2, -0.15) is 11.8 Å². The van der Waals surface area contributed by atoms with Gasteiger partial charge in [0.25, 0.3) is 5.91 Å². The average Bonchev–Trinajstić information content (AvgIpc) is 3.29. The number of benzene rings is 1. The summed E-state index contributed by atoms with van der Waals surface area (Å²) >= 11 is 2.01. The number of carbonyl (C=O) groups excluding carboxylic acids is 2. The van der Waals surface area contributed by atoms with E-state index in [2.05, 4.69) is 22.3 Å². The molecule has 2 fully saturated rings. The Balaban J connectivity index is 1.28. The van der Waals surface area contributed by atoms with Crippen LogP contribution in [0.15, 0.2) is 47.1 Å². The van der Waals surface area contributed by atoms with E-state index < -0.39 is 0 Å². The monoisotopic (exact) mass is 413 g/mol. The summed E-state index contributed by atoms with van der Waals surface area (Å²) in [4.78, 5) is 29.3. The molecule has 2 aromatic rings. The molecule has 0 saturated carbocycles. The van der Waals surface area contributed by atoms with Crippen LogP contribution < -0.4 is 5.32 Å². The lowest BCUT2D eigenvalue weighted by atomic mass is 9.95. The van der Waals surface area contributed by atoms with Gasteiger partial charge in [-0.1, -0.05) is 12.1 Å². The van der Waals surface area contributed by atoms with Gasteiger partial charge in [-0.15, -0.1) is 0 Å². The van der Waals surface area contributed by atoms with Crippen LogP contribution in [0, 0.1) is 5.92 Å². The molecule has 1 aromatic heterocycles. The van der Waals surface area contributed by atoms with E-state index >= 15 is 0 Å². The van der Waals surface area contributed by atoms with Crippen molar-refractivity contribution in [3.05, 3.63) is 54.0 Å². The van der Waals surface area contributed by atoms with Crippen molar-refractivity contribution in [2.75, 3.05) is 43.0 Å². The third-order valence-corrected chi connectivity index (χ3v) is 6.53. The van der Waals surface area contributed by atoms with E-state index in [0.29, 0.717) is 31.7 Å². The highest BCUT2D eigenvalue weighted by Crippen LogP contribution is 2.22. The number of hydrogen-bond acceptors (Lipinski definition) is 5. The fourth-order valence-corrected chi connectivity index (χ4v) is 4.89. The highest BCUT2D eigenvalue weighted by atomic mass is 32.2. The quantitative estimate of drug-likeness (QED) is 0.815. The number of thioether (sulfide) groups is 1. The second kappa shape index (κ2) is 9.50. The summed E-state index contributed by atoms with van der Waals surface area (Å²) in [6, 6.07) is 11.5. The number of likely N-dealkylation sites (tertiary alicyclic amines) is 1. The summed E-state index contributed by atoms with van der Waals surface area (Å²) in [5, 5.41) is 3.08. The van der Waals surface area contributed by atoms with Gasteiger partial charge in [-0.25, -0.2) is 0 Å². The van der Waals surface area contributed by atoms with Crippen LogP contribution in [0.2, 0.25) is 0 Å². The summed E-state index contributed by atoms with van der Waals surface area (Å²) in [6.07, 6.45) is 2.85. The molecule has 1 aromatic carbocycles. The maximum Gasteiger partial charge on any atom is 0.289 e. The second-order valence-corrected chi connectivity index (χ2v) is 8.85. The van der Waals surface area contributed by atoms with Crippen LogP contribution in [-0.2, 0) is 11.3 Å². The Labute approximate surface area is 175 Å². The lowest BCUT2D eigenvalue weighted by molar-refractivity contribution is -0.121. The van der Waals surface area contributed by atoms with E-state index in [1.54, 1.807) is 17.0 Å². The van der Waals surface area contributed by atoms with E-state index in [9.17, 15) is 9.59 Å². The normalized spacial score (nSPS) is 18.6. The van der Waals surface area contributed by atoms with Crippen LogP contribution in [-0.4, -0.2) is 59.3 Å². The van der Waals surface area contributed by atoms with Crippen LogP contribution in [0.3, 0.4) is 0 Å². The summed E-state index contributed by atoms with van der Waals surface area (Å²) in [7, 11) is 0. The van der Waals surface area contributed by atoms with Crippen molar-refractivity contribution in [2.45, 2.75) is 19.4 Å². The van der Waals surface area contributed by atoms with Gasteiger partial charge >= 0.3 is 0 Å². The number of carbonyl (C=O) groups is 2. The van der Waals surface area contributed by atoms with Crippen molar-refractivity contribution in [1.29, 1.82) is 0 Å². The Kier molecular flexibility index (Phi) is 6.56. The van der Waals surface area contributed by atoms with Gasteiger partial charge in [-0.3, -0.25) is 14.5 Å². The summed E-state index contributed by atoms with van der Waals surface area (Å²) in [5.41, 5.74) is 2.08. The third kappa shape index (κ3) is 5.22. The van der Waals surface area contributed by atoms with Crippen LogP contribution >= 0.6 is 11.8 Å². The van der Waals surface area contributed by atoms with E-state index in [4.69, 9.17) is 4.42 Å². The minimum absolute atomic E-state index is 0.0432.